The molecule has 1 aromatic rings. The van der Waals surface area contributed by atoms with E-state index < -0.39 is 6.29 Å². The fraction of sp³-hybridized carbons (Fsp3) is 0.867. The first-order valence-corrected chi connectivity index (χ1v) is 7.80. The second kappa shape index (κ2) is 7.18. The summed E-state index contributed by atoms with van der Waals surface area (Å²) in [4.78, 5) is 0. The van der Waals surface area contributed by atoms with Crippen LogP contribution < -0.4 is 0 Å². The molecule has 1 aromatic heterocycles. The molecule has 5 heteroatoms. The van der Waals surface area contributed by atoms with E-state index in [2.05, 4.69) is 24.2 Å². The molecular formula is C15H27N3O2. The van der Waals surface area contributed by atoms with Crippen molar-refractivity contribution < 1.29 is 9.47 Å². The summed E-state index contributed by atoms with van der Waals surface area (Å²) in [6, 6.07) is 0.464. The molecule has 1 aliphatic rings. The van der Waals surface area contributed by atoms with Gasteiger partial charge in [-0.1, -0.05) is 19.1 Å². The van der Waals surface area contributed by atoms with Crippen molar-refractivity contribution in [1.29, 1.82) is 0 Å². The molecule has 0 aromatic carbocycles. The average molecular weight is 281 g/mol. The van der Waals surface area contributed by atoms with Crippen molar-refractivity contribution in [1.82, 2.24) is 15.0 Å². The summed E-state index contributed by atoms with van der Waals surface area (Å²) in [6.45, 7) is 9.80. The Bertz CT molecular complexity index is 402. The zero-order valence-corrected chi connectivity index (χ0v) is 13.1. The van der Waals surface area contributed by atoms with E-state index in [-0.39, 0.29) is 0 Å². The van der Waals surface area contributed by atoms with Gasteiger partial charge in [0.05, 0.1) is 12.2 Å². The van der Waals surface area contributed by atoms with Crippen molar-refractivity contribution in [2.45, 2.75) is 59.3 Å². The predicted octanol–water partition coefficient (Wildman–Crippen LogP) is 3.35. The lowest BCUT2D eigenvalue weighted by molar-refractivity contribution is -0.142. The summed E-state index contributed by atoms with van der Waals surface area (Å²) >= 11 is 0. The molecule has 1 aliphatic carbocycles. The van der Waals surface area contributed by atoms with Crippen LogP contribution in [0.2, 0.25) is 0 Å². The van der Waals surface area contributed by atoms with E-state index in [0.29, 0.717) is 19.3 Å². The third-order valence-electron chi connectivity index (χ3n) is 4.35. The SMILES string of the molecule is CCOC(OCC)c1cn(C2CCC(C)C(C)C2)nn1. The number of aromatic nitrogens is 3. The maximum atomic E-state index is 5.57. The number of hydrogen-bond acceptors (Lipinski definition) is 4. The molecule has 0 aliphatic heterocycles. The van der Waals surface area contributed by atoms with Crippen molar-refractivity contribution in [3.05, 3.63) is 11.9 Å². The Hall–Kier alpha value is -0.940. The molecule has 20 heavy (non-hydrogen) atoms. The topological polar surface area (TPSA) is 49.2 Å². The first-order valence-electron chi connectivity index (χ1n) is 7.80. The van der Waals surface area contributed by atoms with Crippen LogP contribution in [-0.4, -0.2) is 28.2 Å². The van der Waals surface area contributed by atoms with E-state index in [1.165, 1.54) is 19.3 Å². The van der Waals surface area contributed by atoms with E-state index in [1.807, 2.05) is 24.7 Å². The monoisotopic (exact) mass is 281 g/mol. The summed E-state index contributed by atoms with van der Waals surface area (Å²) in [5, 5.41) is 8.53. The van der Waals surface area contributed by atoms with Gasteiger partial charge in [-0.2, -0.15) is 0 Å². The molecule has 0 radical (unpaired) electrons. The predicted molar refractivity (Wildman–Crippen MR) is 77.2 cm³/mol. The van der Waals surface area contributed by atoms with Gasteiger partial charge < -0.3 is 9.47 Å². The second-order valence-corrected chi connectivity index (χ2v) is 5.79. The van der Waals surface area contributed by atoms with Gasteiger partial charge in [-0.3, -0.25) is 0 Å². The van der Waals surface area contributed by atoms with Crippen LogP contribution in [0.5, 0.6) is 0 Å². The van der Waals surface area contributed by atoms with Gasteiger partial charge in [0.25, 0.3) is 0 Å². The zero-order valence-electron chi connectivity index (χ0n) is 13.1. The van der Waals surface area contributed by atoms with Crippen molar-refractivity contribution in [3.8, 4) is 0 Å². The smallest absolute Gasteiger partial charge is 0.204 e. The van der Waals surface area contributed by atoms with Crippen LogP contribution in [0, 0.1) is 11.8 Å². The normalized spacial score (nSPS) is 27.1. The number of nitrogens with zero attached hydrogens (tertiary/aromatic N) is 3. The fourth-order valence-corrected chi connectivity index (χ4v) is 2.86. The Morgan fingerprint density at radius 3 is 2.50 bits per heavy atom. The lowest BCUT2D eigenvalue weighted by atomic mass is 9.79. The van der Waals surface area contributed by atoms with Gasteiger partial charge in [0.2, 0.25) is 6.29 Å². The van der Waals surface area contributed by atoms with Gasteiger partial charge in [-0.25, -0.2) is 4.68 Å². The quantitative estimate of drug-likeness (QED) is 0.750. The highest BCUT2D eigenvalue weighted by atomic mass is 16.7. The molecule has 0 amide bonds. The molecule has 5 nitrogen and oxygen atoms in total. The third kappa shape index (κ3) is 3.58. The highest BCUT2D eigenvalue weighted by molar-refractivity contribution is 4.96. The molecule has 0 saturated heterocycles. The van der Waals surface area contributed by atoms with Gasteiger partial charge >= 0.3 is 0 Å². The number of rotatable bonds is 6. The number of hydrogen-bond donors (Lipinski definition) is 0. The Kier molecular flexibility index (Phi) is 5.54. The Morgan fingerprint density at radius 1 is 1.20 bits per heavy atom. The molecule has 1 saturated carbocycles. The molecule has 1 heterocycles. The van der Waals surface area contributed by atoms with Crippen molar-refractivity contribution in [2.24, 2.45) is 11.8 Å². The van der Waals surface area contributed by atoms with E-state index in [0.717, 1.165) is 17.5 Å². The largest absolute Gasteiger partial charge is 0.347 e. The Balaban J connectivity index is 2.04. The van der Waals surface area contributed by atoms with Crippen molar-refractivity contribution >= 4 is 0 Å². The number of ether oxygens (including phenoxy) is 2. The summed E-state index contributed by atoms with van der Waals surface area (Å²) in [6.07, 6.45) is 5.23. The van der Waals surface area contributed by atoms with Crippen LogP contribution in [-0.2, 0) is 9.47 Å². The van der Waals surface area contributed by atoms with Gasteiger partial charge in [0.15, 0.2) is 0 Å². The third-order valence-corrected chi connectivity index (χ3v) is 4.35. The minimum Gasteiger partial charge on any atom is -0.347 e. The van der Waals surface area contributed by atoms with E-state index in [4.69, 9.17) is 9.47 Å². The molecule has 3 unspecified atom stereocenters. The second-order valence-electron chi connectivity index (χ2n) is 5.79. The van der Waals surface area contributed by atoms with Crippen molar-refractivity contribution in [2.75, 3.05) is 13.2 Å². The lowest BCUT2D eigenvalue weighted by Gasteiger charge is -2.31. The molecule has 1 fully saturated rings. The van der Waals surface area contributed by atoms with Crippen molar-refractivity contribution in [3.63, 3.8) is 0 Å². The highest BCUT2D eigenvalue weighted by Crippen LogP contribution is 2.35. The molecule has 3 atom stereocenters. The average Bonchev–Trinajstić information content (AvgIpc) is 2.91. The standard InChI is InChI=1S/C15H27N3O2/c1-5-19-15(20-6-2)14-10-18(17-16-14)13-8-7-11(3)12(4)9-13/h10-13,15H,5-9H2,1-4H3. The summed E-state index contributed by atoms with van der Waals surface area (Å²) < 4.78 is 13.1. The van der Waals surface area contributed by atoms with Crippen LogP contribution in [0.1, 0.15) is 65.0 Å². The first kappa shape index (κ1) is 15.4. The maximum Gasteiger partial charge on any atom is 0.204 e. The zero-order chi connectivity index (χ0) is 14.5. The first-order chi connectivity index (χ1) is 9.65. The van der Waals surface area contributed by atoms with Gasteiger partial charge in [0, 0.05) is 13.2 Å². The van der Waals surface area contributed by atoms with Crippen LogP contribution in [0.4, 0.5) is 0 Å². The molecule has 114 valence electrons. The Morgan fingerprint density at radius 2 is 1.90 bits per heavy atom. The van der Waals surface area contributed by atoms with Gasteiger partial charge in [-0.05, 0) is 44.9 Å². The molecule has 0 bridgehead atoms. The van der Waals surface area contributed by atoms with E-state index >= 15 is 0 Å². The Labute approximate surface area is 121 Å². The van der Waals surface area contributed by atoms with Crippen LogP contribution in [0.3, 0.4) is 0 Å². The van der Waals surface area contributed by atoms with Crippen LogP contribution in [0.25, 0.3) is 0 Å². The van der Waals surface area contributed by atoms with Crippen LogP contribution >= 0.6 is 0 Å². The highest BCUT2D eigenvalue weighted by Gasteiger charge is 2.27. The molecule has 2 rings (SSSR count). The van der Waals surface area contributed by atoms with Gasteiger partial charge in [-0.15, -0.1) is 5.10 Å². The van der Waals surface area contributed by atoms with E-state index in [9.17, 15) is 0 Å². The van der Waals surface area contributed by atoms with E-state index in [1.54, 1.807) is 0 Å². The minimum absolute atomic E-state index is 0.390. The summed E-state index contributed by atoms with van der Waals surface area (Å²) in [7, 11) is 0. The fourth-order valence-electron chi connectivity index (χ4n) is 2.86. The van der Waals surface area contributed by atoms with Gasteiger partial charge in [0.1, 0.15) is 5.69 Å². The molecule has 0 spiro atoms. The lowest BCUT2D eigenvalue weighted by Crippen LogP contribution is -2.23. The minimum atomic E-state index is -0.390. The molecule has 0 N–H and O–H groups in total. The van der Waals surface area contributed by atoms with Crippen LogP contribution in [0.15, 0.2) is 6.20 Å². The molecular weight excluding hydrogens is 254 g/mol. The summed E-state index contributed by atoms with van der Waals surface area (Å²) in [5.74, 6) is 1.56. The summed E-state index contributed by atoms with van der Waals surface area (Å²) in [5.41, 5.74) is 0.778. The maximum absolute atomic E-state index is 5.57.